The first-order chi connectivity index (χ1) is 11.2. The number of allylic oxidation sites excluding steroid dienone is 1. The van der Waals surface area contributed by atoms with E-state index in [0.717, 1.165) is 23.1 Å². The second kappa shape index (κ2) is 7.20. The van der Waals surface area contributed by atoms with Crippen LogP contribution in [-0.2, 0) is 6.54 Å². The van der Waals surface area contributed by atoms with Crippen LogP contribution < -0.4 is 0 Å². The molecule has 1 aromatic heterocycles. The normalized spacial score (nSPS) is 11.7. The molecule has 3 nitrogen and oxygen atoms in total. The summed E-state index contributed by atoms with van der Waals surface area (Å²) in [6, 6.07) is 14.1. The summed E-state index contributed by atoms with van der Waals surface area (Å²) in [5, 5.41) is 4.80. The molecule has 116 valence electrons. The van der Waals surface area contributed by atoms with Gasteiger partial charge in [-0.1, -0.05) is 41.9 Å². The fraction of sp³-hybridized carbons (Fsp3) is 0.111. The fourth-order valence-corrected chi connectivity index (χ4v) is 2.52. The molecule has 0 fully saturated rings. The SMILES string of the molecule is Fc1ccc(C(=Cc2ccccc2Cl)CCn2cncn2)cc1. The zero-order valence-corrected chi connectivity index (χ0v) is 13.1. The molecular formula is C18H15ClFN3. The third-order valence-corrected chi connectivity index (χ3v) is 3.87. The first kappa shape index (κ1) is 15.4. The van der Waals surface area contributed by atoms with Gasteiger partial charge in [-0.25, -0.2) is 9.37 Å². The van der Waals surface area contributed by atoms with Crippen molar-refractivity contribution >= 4 is 23.3 Å². The zero-order valence-electron chi connectivity index (χ0n) is 12.4. The molecule has 0 saturated carbocycles. The molecule has 0 aliphatic heterocycles. The van der Waals surface area contributed by atoms with Crippen molar-refractivity contribution < 1.29 is 4.39 Å². The van der Waals surface area contributed by atoms with Crippen LogP contribution in [-0.4, -0.2) is 14.8 Å². The van der Waals surface area contributed by atoms with Crippen LogP contribution in [0, 0.1) is 5.82 Å². The molecule has 0 radical (unpaired) electrons. The Morgan fingerprint density at radius 3 is 2.61 bits per heavy atom. The van der Waals surface area contributed by atoms with E-state index in [-0.39, 0.29) is 5.82 Å². The first-order valence-electron chi connectivity index (χ1n) is 7.26. The minimum Gasteiger partial charge on any atom is -0.253 e. The van der Waals surface area contributed by atoms with Crippen LogP contribution in [0.2, 0.25) is 5.02 Å². The summed E-state index contributed by atoms with van der Waals surface area (Å²) in [5.41, 5.74) is 2.96. The van der Waals surface area contributed by atoms with Gasteiger partial charge >= 0.3 is 0 Å². The standard InChI is InChI=1S/C18H15ClFN3/c19-18-4-2-1-3-16(18)11-15(9-10-23-13-21-12-22-23)14-5-7-17(20)8-6-14/h1-8,11-13H,9-10H2. The Kier molecular flexibility index (Phi) is 4.83. The van der Waals surface area contributed by atoms with Crippen molar-refractivity contribution in [1.82, 2.24) is 14.8 Å². The van der Waals surface area contributed by atoms with Crippen molar-refractivity contribution in [2.24, 2.45) is 0 Å². The largest absolute Gasteiger partial charge is 0.253 e. The maximum atomic E-state index is 13.2. The lowest BCUT2D eigenvalue weighted by molar-refractivity contribution is 0.624. The van der Waals surface area contributed by atoms with Crippen LogP contribution in [0.25, 0.3) is 11.6 Å². The van der Waals surface area contributed by atoms with Crippen LogP contribution in [0.5, 0.6) is 0 Å². The zero-order chi connectivity index (χ0) is 16.1. The highest BCUT2D eigenvalue weighted by Gasteiger charge is 2.06. The number of aromatic nitrogens is 3. The average Bonchev–Trinajstić information content (AvgIpc) is 3.07. The van der Waals surface area contributed by atoms with Gasteiger partial charge in [0.05, 0.1) is 0 Å². The minimum absolute atomic E-state index is 0.248. The molecule has 0 unspecified atom stereocenters. The number of benzene rings is 2. The molecule has 0 aliphatic rings. The lowest BCUT2D eigenvalue weighted by Gasteiger charge is -2.09. The molecule has 0 bridgehead atoms. The molecule has 0 amide bonds. The summed E-state index contributed by atoms with van der Waals surface area (Å²) in [5.74, 6) is -0.248. The van der Waals surface area contributed by atoms with Crippen molar-refractivity contribution in [2.45, 2.75) is 13.0 Å². The van der Waals surface area contributed by atoms with E-state index in [4.69, 9.17) is 11.6 Å². The quantitative estimate of drug-likeness (QED) is 0.636. The molecule has 1 heterocycles. The van der Waals surface area contributed by atoms with Gasteiger partial charge in [0.1, 0.15) is 18.5 Å². The molecule has 23 heavy (non-hydrogen) atoms. The van der Waals surface area contributed by atoms with Gasteiger partial charge in [0.25, 0.3) is 0 Å². The van der Waals surface area contributed by atoms with Crippen LogP contribution in [0.3, 0.4) is 0 Å². The van der Waals surface area contributed by atoms with E-state index in [1.165, 1.54) is 18.5 Å². The summed E-state index contributed by atoms with van der Waals surface area (Å²) < 4.78 is 15.0. The second-order valence-electron chi connectivity index (χ2n) is 5.11. The van der Waals surface area contributed by atoms with Crippen LogP contribution in [0.15, 0.2) is 61.2 Å². The maximum absolute atomic E-state index is 13.2. The van der Waals surface area contributed by atoms with Crippen molar-refractivity contribution in [3.05, 3.63) is 83.2 Å². The monoisotopic (exact) mass is 327 g/mol. The predicted octanol–water partition coefficient (Wildman–Crippen LogP) is 4.70. The van der Waals surface area contributed by atoms with Gasteiger partial charge in [-0.05, 0) is 47.4 Å². The van der Waals surface area contributed by atoms with Crippen molar-refractivity contribution in [3.8, 4) is 0 Å². The molecule has 0 N–H and O–H groups in total. The van der Waals surface area contributed by atoms with E-state index >= 15 is 0 Å². The summed E-state index contributed by atoms with van der Waals surface area (Å²) in [4.78, 5) is 3.94. The van der Waals surface area contributed by atoms with E-state index in [1.54, 1.807) is 23.1 Å². The average molecular weight is 328 g/mol. The van der Waals surface area contributed by atoms with Crippen LogP contribution in [0.4, 0.5) is 4.39 Å². The van der Waals surface area contributed by atoms with E-state index in [9.17, 15) is 4.39 Å². The number of aryl methyl sites for hydroxylation is 1. The van der Waals surface area contributed by atoms with Gasteiger partial charge < -0.3 is 0 Å². The van der Waals surface area contributed by atoms with Gasteiger partial charge in [0.2, 0.25) is 0 Å². The van der Waals surface area contributed by atoms with Gasteiger partial charge in [0, 0.05) is 11.6 Å². The smallest absolute Gasteiger partial charge is 0.137 e. The summed E-state index contributed by atoms with van der Waals surface area (Å²) >= 11 is 6.25. The maximum Gasteiger partial charge on any atom is 0.137 e. The van der Waals surface area contributed by atoms with Crippen molar-refractivity contribution in [2.75, 3.05) is 0 Å². The van der Waals surface area contributed by atoms with Crippen LogP contribution >= 0.6 is 11.6 Å². The lowest BCUT2D eigenvalue weighted by atomic mass is 10.00. The summed E-state index contributed by atoms with van der Waals surface area (Å²) in [6.07, 6.45) is 5.96. The van der Waals surface area contributed by atoms with E-state index in [0.29, 0.717) is 11.6 Å². The predicted molar refractivity (Wildman–Crippen MR) is 90.4 cm³/mol. The molecule has 3 aromatic rings. The number of hydrogen-bond acceptors (Lipinski definition) is 2. The Morgan fingerprint density at radius 2 is 1.91 bits per heavy atom. The molecule has 0 saturated heterocycles. The highest BCUT2D eigenvalue weighted by Crippen LogP contribution is 2.26. The Hall–Kier alpha value is -2.46. The van der Waals surface area contributed by atoms with Gasteiger partial charge in [-0.3, -0.25) is 4.68 Å². The van der Waals surface area contributed by atoms with Crippen LogP contribution in [0.1, 0.15) is 17.5 Å². The third kappa shape index (κ3) is 4.05. The molecule has 0 atom stereocenters. The lowest BCUT2D eigenvalue weighted by Crippen LogP contribution is -2.00. The Morgan fingerprint density at radius 1 is 1.13 bits per heavy atom. The third-order valence-electron chi connectivity index (χ3n) is 3.53. The van der Waals surface area contributed by atoms with E-state index < -0.39 is 0 Å². The topological polar surface area (TPSA) is 30.7 Å². The Labute approximate surface area is 139 Å². The van der Waals surface area contributed by atoms with Gasteiger partial charge in [0.15, 0.2) is 0 Å². The minimum atomic E-state index is -0.248. The van der Waals surface area contributed by atoms with E-state index in [2.05, 4.69) is 10.1 Å². The van der Waals surface area contributed by atoms with Crippen molar-refractivity contribution in [3.63, 3.8) is 0 Å². The summed E-state index contributed by atoms with van der Waals surface area (Å²) in [6.45, 7) is 0.688. The van der Waals surface area contributed by atoms with Crippen molar-refractivity contribution in [1.29, 1.82) is 0 Å². The Bertz CT molecular complexity index is 795. The van der Waals surface area contributed by atoms with Gasteiger partial charge in [-0.15, -0.1) is 0 Å². The molecule has 3 rings (SSSR count). The number of halogens is 2. The van der Waals surface area contributed by atoms with E-state index in [1.807, 2.05) is 30.3 Å². The molecule has 2 aromatic carbocycles. The molecule has 0 spiro atoms. The highest BCUT2D eigenvalue weighted by molar-refractivity contribution is 6.32. The number of rotatable bonds is 5. The molecule has 5 heteroatoms. The second-order valence-corrected chi connectivity index (χ2v) is 5.51. The highest BCUT2D eigenvalue weighted by atomic mass is 35.5. The number of hydrogen-bond donors (Lipinski definition) is 0. The molecule has 0 aliphatic carbocycles. The van der Waals surface area contributed by atoms with Gasteiger partial charge in [-0.2, -0.15) is 5.10 Å². The first-order valence-corrected chi connectivity index (χ1v) is 7.63. The Balaban J connectivity index is 1.92. The number of nitrogens with zero attached hydrogens (tertiary/aromatic N) is 3. The fourth-order valence-electron chi connectivity index (χ4n) is 2.33. The summed E-state index contributed by atoms with van der Waals surface area (Å²) in [7, 11) is 0. The molecular weight excluding hydrogens is 313 g/mol.